The SMILES string of the molecule is Cc1ccccc1N=C1NC(=O)/C(=C\c2ccc(C(=O)O)cc2)S1. The number of carboxylic acids is 1. The van der Waals surface area contributed by atoms with Crippen LogP contribution in [0.15, 0.2) is 58.4 Å². The minimum Gasteiger partial charge on any atom is -0.478 e. The summed E-state index contributed by atoms with van der Waals surface area (Å²) < 4.78 is 0. The zero-order chi connectivity index (χ0) is 17.1. The number of hydrogen-bond donors (Lipinski definition) is 2. The molecule has 0 spiro atoms. The van der Waals surface area contributed by atoms with E-state index in [2.05, 4.69) is 10.3 Å². The van der Waals surface area contributed by atoms with Crippen LogP contribution in [0.25, 0.3) is 6.08 Å². The van der Waals surface area contributed by atoms with E-state index in [-0.39, 0.29) is 11.5 Å². The average molecular weight is 338 g/mol. The monoisotopic (exact) mass is 338 g/mol. The second kappa shape index (κ2) is 6.72. The number of carbonyl (C=O) groups is 2. The second-order valence-electron chi connectivity index (χ2n) is 5.20. The maximum Gasteiger partial charge on any atom is 0.335 e. The van der Waals surface area contributed by atoms with Gasteiger partial charge in [-0.25, -0.2) is 9.79 Å². The van der Waals surface area contributed by atoms with Gasteiger partial charge in [0.25, 0.3) is 5.91 Å². The van der Waals surface area contributed by atoms with Crippen molar-refractivity contribution >= 4 is 40.6 Å². The quantitative estimate of drug-likeness (QED) is 0.838. The number of benzene rings is 2. The lowest BCUT2D eigenvalue weighted by Gasteiger charge is -1.99. The number of thioether (sulfide) groups is 1. The molecule has 2 N–H and O–H groups in total. The van der Waals surface area contributed by atoms with Crippen LogP contribution >= 0.6 is 11.8 Å². The first kappa shape index (κ1) is 16.0. The summed E-state index contributed by atoms with van der Waals surface area (Å²) in [5, 5.41) is 12.2. The number of nitrogens with zero attached hydrogens (tertiary/aromatic N) is 1. The van der Waals surface area contributed by atoms with Crippen LogP contribution in [-0.2, 0) is 4.79 Å². The van der Waals surface area contributed by atoms with Crippen LogP contribution in [0, 0.1) is 6.92 Å². The predicted octanol–water partition coefficient (Wildman–Crippen LogP) is 3.58. The van der Waals surface area contributed by atoms with Crippen molar-refractivity contribution in [2.75, 3.05) is 0 Å². The number of amidine groups is 1. The van der Waals surface area contributed by atoms with E-state index in [0.29, 0.717) is 10.1 Å². The van der Waals surface area contributed by atoms with Crippen molar-refractivity contribution in [3.63, 3.8) is 0 Å². The topological polar surface area (TPSA) is 78.8 Å². The normalized spacial score (nSPS) is 17.3. The lowest BCUT2D eigenvalue weighted by molar-refractivity contribution is -0.115. The minimum absolute atomic E-state index is 0.211. The fourth-order valence-corrected chi connectivity index (χ4v) is 2.99. The number of carbonyl (C=O) groups excluding carboxylic acids is 1. The van der Waals surface area contributed by atoms with Crippen molar-refractivity contribution in [2.45, 2.75) is 6.92 Å². The van der Waals surface area contributed by atoms with Gasteiger partial charge in [0, 0.05) is 0 Å². The van der Waals surface area contributed by atoms with Gasteiger partial charge in [0.15, 0.2) is 5.17 Å². The summed E-state index contributed by atoms with van der Waals surface area (Å²) in [6.45, 7) is 1.96. The lowest BCUT2D eigenvalue weighted by atomic mass is 10.1. The Morgan fingerprint density at radius 1 is 1.17 bits per heavy atom. The largest absolute Gasteiger partial charge is 0.478 e. The van der Waals surface area contributed by atoms with Crippen molar-refractivity contribution in [3.05, 3.63) is 70.1 Å². The molecule has 3 rings (SSSR count). The molecule has 0 aromatic heterocycles. The maximum absolute atomic E-state index is 12.1. The standard InChI is InChI=1S/C18H14N2O3S/c1-11-4-2-3-5-14(11)19-18-20-16(21)15(24-18)10-12-6-8-13(9-7-12)17(22)23/h2-10H,1H3,(H,22,23)(H,19,20,21)/b15-10+. The number of carboxylic acid groups (broad SMARTS) is 1. The molecule has 0 aliphatic carbocycles. The summed E-state index contributed by atoms with van der Waals surface area (Å²) >= 11 is 1.26. The molecule has 5 nitrogen and oxygen atoms in total. The summed E-state index contributed by atoms with van der Waals surface area (Å²) in [7, 11) is 0. The molecule has 0 bridgehead atoms. The van der Waals surface area contributed by atoms with Crippen LogP contribution in [0.2, 0.25) is 0 Å². The number of aromatic carboxylic acids is 1. The van der Waals surface area contributed by atoms with E-state index in [1.165, 1.54) is 23.9 Å². The zero-order valence-corrected chi connectivity index (χ0v) is 13.6. The van der Waals surface area contributed by atoms with E-state index >= 15 is 0 Å². The number of aliphatic imine (C=N–C) groups is 1. The molecule has 2 aromatic rings. The fraction of sp³-hybridized carbons (Fsp3) is 0.0556. The zero-order valence-electron chi connectivity index (χ0n) is 12.8. The third-order valence-corrected chi connectivity index (χ3v) is 4.35. The number of hydrogen-bond acceptors (Lipinski definition) is 4. The molecule has 2 aromatic carbocycles. The minimum atomic E-state index is -0.977. The maximum atomic E-state index is 12.1. The Bertz CT molecular complexity index is 870. The molecule has 1 aliphatic rings. The van der Waals surface area contributed by atoms with E-state index < -0.39 is 5.97 Å². The highest BCUT2D eigenvalue weighted by molar-refractivity contribution is 8.18. The van der Waals surface area contributed by atoms with Gasteiger partial charge in [-0.3, -0.25) is 4.79 Å². The van der Waals surface area contributed by atoms with E-state index in [1.54, 1.807) is 18.2 Å². The number of para-hydroxylation sites is 1. The Balaban J connectivity index is 1.82. The Kier molecular flexibility index (Phi) is 4.48. The highest BCUT2D eigenvalue weighted by Crippen LogP contribution is 2.29. The third-order valence-electron chi connectivity index (χ3n) is 3.44. The Labute approximate surface area is 143 Å². The summed E-state index contributed by atoms with van der Waals surface area (Å²) in [5.41, 5.74) is 2.81. The Morgan fingerprint density at radius 3 is 2.54 bits per heavy atom. The van der Waals surface area contributed by atoms with E-state index in [9.17, 15) is 9.59 Å². The molecule has 1 aliphatic heterocycles. The van der Waals surface area contributed by atoms with E-state index in [4.69, 9.17) is 5.11 Å². The highest BCUT2D eigenvalue weighted by Gasteiger charge is 2.23. The van der Waals surface area contributed by atoms with Gasteiger partial charge in [0.05, 0.1) is 16.2 Å². The molecule has 120 valence electrons. The van der Waals surface area contributed by atoms with Crippen molar-refractivity contribution in [1.82, 2.24) is 5.32 Å². The summed E-state index contributed by atoms with van der Waals surface area (Å²) in [5.74, 6) is -1.19. The van der Waals surface area contributed by atoms with Crippen molar-refractivity contribution < 1.29 is 14.7 Å². The van der Waals surface area contributed by atoms with Crippen molar-refractivity contribution in [1.29, 1.82) is 0 Å². The third kappa shape index (κ3) is 3.55. The number of amides is 1. The lowest BCUT2D eigenvalue weighted by Crippen LogP contribution is -2.19. The molecule has 0 atom stereocenters. The molecular weight excluding hydrogens is 324 g/mol. The first-order chi connectivity index (χ1) is 11.5. The van der Waals surface area contributed by atoms with Gasteiger partial charge in [0.1, 0.15) is 0 Å². The van der Waals surface area contributed by atoms with Crippen LogP contribution in [-0.4, -0.2) is 22.2 Å². The highest BCUT2D eigenvalue weighted by atomic mass is 32.2. The molecule has 0 unspecified atom stereocenters. The van der Waals surface area contributed by atoms with Gasteiger partial charge in [-0.2, -0.15) is 0 Å². The smallest absolute Gasteiger partial charge is 0.335 e. The van der Waals surface area contributed by atoms with E-state index in [0.717, 1.165) is 16.8 Å². The van der Waals surface area contributed by atoms with Crippen LogP contribution < -0.4 is 5.32 Å². The van der Waals surface area contributed by atoms with Gasteiger partial charge in [-0.1, -0.05) is 30.3 Å². The fourth-order valence-electron chi connectivity index (χ4n) is 2.15. The molecule has 1 amide bonds. The predicted molar refractivity (Wildman–Crippen MR) is 95.4 cm³/mol. The van der Waals surface area contributed by atoms with Crippen LogP contribution in [0.3, 0.4) is 0 Å². The van der Waals surface area contributed by atoms with Crippen LogP contribution in [0.1, 0.15) is 21.5 Å². The molecule has 0 saturated carbocycles. The molecule has 6 heteroatoms. The number of rotatable bonds is 3. The number of nitrogens with one attached hydrogen (secondary N) is 1. The molecule has 24 heavy (non-hydrogen) atoms. The van der Waals surface area contributed by atoms with Crippen LogP contribution in [0.5, 0.6) is 0 Å². The molecule has 1 heterocycles. The Morgan fingerprint density at radius 2 is 1.88 bits per heavy atom. The van der Waals surface area contributed by atoms with Crippen LogP contribution in [0.4, 0.5) is 5.69 Å². The molecule has 0 radical (unpaired) electrons. The number of aryl methyl sites for hydroxylation is 1. The van der Waals surface area contributed by atoms with E-state index in [1.807, 2.05) is 31.2 Å². The summed E-state index contributed by atoms with van der Waals surface area (Å²) in [6.07, 6.45) is 1.71. The Hall–Kier alpha value is -2.86. The average Bonchev–Trinajstić information content (AvgIpc) is 2.90. The van der Waals surface area contributed by atoms with Crippen molar-refractivity contribution in [2.24, 2.45) is 4.99 Å². The van der Waals surface area contributed by atoms with Gasteiger partial charge in [0.2, 0.25) is 0 Å². The molecule has 1 saturated heterocycles. The van der Waals surface area contributed by atoms with Gasteiger partial charge in [-0.15, -0.1) is 0 Å². The summed E-state index contributed by atoms with van der Waals surface area (Å²) in [6, 6.07) is 14.0. The van der Waals surface area contributed by atoms with Gasteiger partial charge >= 0.3 is 5.97 Å². The molecular formula is C18H14N2O3S. The molecule has 1 fully saturated rings. The van der Waals surface area contributed by atoms with Crippen molar-refractivity contribution in [3.8, 4) is 0 Å². The van der Waals surface area contributed by atoms with Gasteiger partial charge in [-0.05, 0) is 54.1 Å². The first-order valence-corrected chi connectivity index (χ1v) is 8.03. The first-order valence-electron chi connectivity index (χ1n) is 7.21. The summed E-state index contributed by atoms with van der Waals surface area (Å²) in [4.78, 5) is 27.9. The van der Waals surface area contributed by atoms with Gasteiger partial charge < -0.3 is 10.4 Å². The second-order valence-corrected chi connectivity index (χ2v) is 6.23.